The quantitative estimate of drug-likeness (QED) is 0.501. The van der Waals surface area contributed by atoms with Crippen molar-refractivity contribution in [1.29, 1.82) is 0 Å². The highest BCUT2D eigenvalue weighted by atomic mass is 79.9. The molecule has 0 aliphatic carbocycles. The van der Waals surface area contributed by atoms with E-state index in [4.69, 9.17) is 14.2 Å². The smallest absolute Gasteiger partial charge is 0.259 e. The average molecular weight is 448 g/mol. The minimum Gasteiger partial charge on any atom is -0.493 e. The van der Waals surface area contributed by atoms with Crippen LogP contribution in [-0.2, 0) is 4.79 Å². The molecule has 2 amide bonds. The molecule has 0 bridgehead atoms. The predicted octanol–water partition coefficient (Wildman–Crippen LogP) is 2.46. The standard InChI is InChI=1S/C19H18BrN3O5/c1-2-26-15-5-3-12(7-14(15)20)9-22-23-18(24)10-21-19(25)13-4-6-16-17(8-13)28-11-27-16/h3-9H,2,10-11H2,1H3,(H,21,25)(H,23,24)/b22-9-. The van der Waals surface area contributed by atoms with E-state index in [0.717, 1.165) is 15.8 Å². The summed E-state index contributed by atoms with van der Waals surface area (Å²) in [6, 6.07) is 10.3. The van der Waals surface area contributed by atoms with E-state index in [1.165, 1.54) is 6.21 Å². The molecule has 0 spiro atoms. The maximum atomic E-state index is 12.1. The number of nitrogens with zero attached hydrogens (tertiary/aromatic N) is 1. The lowest BCUT2D eigenvalue weighted by atomic mass is 10.2. The molecular weight excluding hydrogens is 430 g/mol. The highest BCUT2D eigenvalue weighted by Crippen LogP contribution is 2.32. The molecule has 1 heterocycles. The van der Waals surface area contributed by atoms with Crippen LogP contribution >= 0.6 is 15.9 Å². The van der Waals surface area contributed by atoms with E-state index < -0.39 is 11.8 Å². The molecule has 146 valence electrons. The minimum atomic E-state index is -0.449. The summed E-state index contributed by atoms with van der Waals surface area (Å²) in [4.78, 5) is 24.0. The van der Waals surface area contributed by atoms with Crippen LogP contribution < -0.4 is 25.0 Å². The number of hydrazone groups is 1. The van der Waals surface area contributed by atoms with Crippen molar-refractivity contribution in [3.05, 3.63) is 52.0 Å². The van der Waals surface area contributed by atoms with Crippen molar-refractivity contribution in [3.8, 4) is 17.2 Å². The van der Waals surface area contributed by atoms with E-state index in [1.54, 1.807) is 18.2 Å². The fourth-order valence-corrected chi connectivity index (χ4v) is 2.90. The number of ether oxygens (including phenoxy) is 3. The van der Waals surface area contributed by atoms with Crippen LogP contribution in [0, 0.1) is 0 Å². The second-order valence-electron chi connectivity index (χ2n) is 5.67. The number of amides is 2. The molecule has 0 aromatic heterocycles. The highest BCUT2D eigenvalue weighted by molar-refractivity contribution is 9.10. The van der Waals surface area contributed by atoms with Gasteiger partial charge in [-0.05, 0) is 64.8 Å². The van der Waals surface area contributed by atoms with E-state index in [9.17, 15) is 9.59 Å². The van der Waals surface area contributed by atoms with Gasteiger partial charge < -0.3 is 19.5 Å². The summed E-state index contributed by atoms with van der Waals surface area (Å²) >= 11 is 3.41. The predicted molar refractivity (Wildman–Crippen MR) is 106 cm³/mol. The van der Waals surface area contributed by atoms with E-state index in [0.29, 0.717) is 23.7 Å². The summed E-state index contributed by atoms with van der Waals surface area (Å²) in [6.45, 7) is 2.39. The summed E-state index contributed by atoms with van der Waals surface area (Å²) in [5.41, 5.74) is 3.52. The van der Waals surface area contributed by atoms with Crippen molar-refractivity contribution < 1.29 is 23.8 Å². The molecule has 0 saturated carbocycles. The van der Waals surface area contributed by atoms with Gasteiger partial charge >= 0.3 is 0 Å². The summed E-state index contributed by atoms with van der Waals surface area (Å²) < 4.78 is 16.6. The molecule has 8 nitrogen and oxygen atoms in total. The van der Waals surface area contributed by atoms with Crippen LogP contribution in [0.2, 0.25) is 0 Å². The van der Waals surface area contributed by atoms with Gasteiger partial charge in [-0.1, -0.05) is 0 Å². The van der Waals surface area contributed by atoms with Crippen LogP contribution in [0.15, 0.2) is 46.0 Å². The molecule has 0 fully saturated rings. The Balaban J connectivity index is 1.47. The summed E-state index contributed by atoms with van der Waals surface area (Å²) in [5.74, 6) is 0.978. The van der Waals surface area contributed by atoms with E-state index >= 15 is 0 Å². The number of fused-ring (bicyclic) bond motifs is 1. The number of rotatable bonds is 7. The molecule has 2 N–H and O–H groups in total. The van der Waals surface area contributed by atoms with Gasteiger partial charge in [-0.2, -0.15) is 5.10 Å². The molecule has 28 heavy (non-hydrogen) atoms. The zero-order chi connectivity index (χ0) is 19.9. The Kier molecular flexibility index (Phi) is 6.49. The third-order valence-corrected chi connectivity index (χ3v) is 4.32. The third-order valence-electron chi connectivity index (χ3n) is 3.70. The SMILES string of the molecule is CCOc1ccc(/C=N\NC(=O)CNC(=O)c2ccc3c(c2)OCO3)cc1Br. The zero-order valence-electron chi connectivity index (χ0n) is 15.0. The number of hydrogen-bond acceptors (Lipinski definition) is 6. The minimum absolute atomic E-state index is 0.131. The van der Waals surface area contributed by atoms with Crippen molar-refractivity contribution in [2.24, 2.45) is 5.10 Å². The molecule has 0 radical (unpaired) electrons. The largest absolute Gasteiger partial charge is 0.493 e. The molecule has 9 heteroatoms. The zero-order valence-corrected chi connectivity index (χ0v) is 16.6. The molecule has 0 saturated heterocycles. The van der Waals surface area contributed by atoms with Gasteiger partial charge in [0.15, 0.2) is 11.5 Å². The monoisotopic (exact) mass is 447 g/mol. The van der Waals surface area contributed by atoms with Gasteiger partial charge in [-0.25, -0.2) is 5.43 Å². The number of carbonyl (C=O) groups is 2. The lowest BCUT2D eigenvalue weighted by Crippen LogP contribution is -2.34. The number of carbonyl (C=O) groups excluding carboxylic acids is 2. The van der Waals surface area contributed by atoms with Crippen LogP contribution in [0.5, 0.6) is 17.2 Å². The van der Waals surface area contributed by atoms with E-state index in [2.05, 4.69) is 31.8 Å². The van der Waals surface area contributed by atoms with Gasteiger partial charge in [0.2, 0.25) is 6.79 Å². The fourth-order valence-electron chi connectivity index (χ4n) is 2.39. The van der Waals surface area contributed by atoms with Gasteiger partial charge in [-0.15, -0.1) is 0 Å². The Morgan fingerprint density at radius 1 is 1.21 bits per heavy atom. The van der Waals surface area contributed by atoms with Crippen LogP contribution in [0.25, 0.3) is 0 Å². The van der Waals surface area contributed by atoms with Crippen LogP contribution in [0.4, 0.5) is 0 Å². The van der Waals surface area contributed by atoms with Gasteiger partial charge in [0.25, 0.3) is 11.8 Å². The maximum Gasteiger partial charge on any atom is 0.259 e. The summed E-state index contributed by atoms with van der Waals surface area (Å²) in [6.07, 6.45) is 1.50. The molecule has 2 aromatic rings. The van der Waals surface area contributed by atoms with E-state index in [-0.39, 0.29) is 13.3 Å². The first-order valence-corrected chi connectivity index (χ1v) is 9.28. The maximum absolute atomic E-state index is 12.1. The molecule has 0 unspecified atom stereocenters. The lowest BCUT2D eigenvalue weighted by molar-refractivity contribution is -0.120. The van der Waals surface area contributed by atoms with Gasteiger partial charge in [0, 0.05) is 5.56 Å². The second kappa shape index (κ2) is 9.23. The van der Waals surface area contributed by atoms with Crippen molar-refractivity contribution in [1.82, 2.24) is 10.7 Å². The summed E-state index contributed by atoms with van der Waals surface area (Å²) in [7, 11) is 0. The average Bonchev–Trinajstić information content (AvgIpc) is 3.16. The Morgan fingerprint density at radius 2 is 2.04 bits per heavy atom. The molecule has 2 aromatic carbocycles. The van der Waals surface area contributed by atoms with E-state index in [1.807, 2.05) is 25.1 Å². The molecule has 0 atom stereocenters. The van der Waals surface area contributed by atoms with Gasteiger partial charge in [-0.3, -0.25) is 9.59 Å². The number of halogens is 1. The summed E-state index contributed by atoms with van der Waals surface area (Å²) in [5, 5.41) is 6.41. The number of benzene rings is 2. The molecule has 1 aliphatic heterocycles. The van der Waals surface area contributed by atoms with Gasteiger partial charge in [0.1, 0.15) is 5.75 Å². The van der Waals surface area contributed by atoms with Crippen LogP contribution in [0.3, 0.4) is 0 Å². The number of hydrogen-bond donors (Lipinski definition) is 2. The topological polar surface area (TPSA) is 98.2 Å². The lowest BCUT2D eigenvalue weighted by Gasteiger charge is -2.06. The second-order valence-corrected chi connectivity index (χ2v) is 6.52. The number of nitrogens with one attached hydrogen (secondary N) is 2. The Hall–Kier alpha value is -3.07. The normalized spacial score (nSPS) is 12.1. The fraction of sp³-hybridized carbons (Fsp3) is 0.211. The third kappa shape index (κ3) is 5.01. The first-order valence-electron chi connectivity index (χ1n) is 8.49. The Morgan fingerprint density at radius 3 is 2.82 bits per heavy atom. The highest BCUT2D eigenvalue weighted by Gasteiger charge is 2.16. The Labute approximate surface area is 170 Å². The first kappa shape index (κ1) is 19.7. The van der Waals surface area contributed by atoms with Crippen molar-refractivity contribution >= 4 is 34.0 Å². The van der Waals surface area contributed by atoms with Crippen molar-refractivity contribution in [3.63, 3.8) is 0 Å². The first-order chi connectivity index (χ1) is 13.6. The molecular formula is C19H18BrN3O5. The molecule has 3 rings (SSSR count). The Bertz CT molecular complexity index is 916. The van der Waals surface area contributed by atoms with Crippen LogP contribution in [0.1, 0.15) is 22.8 Å². The van der Waals surface area contributed by atoms with Crippen molar-refractivity contribution in [2.75, 3.05) is 19.9 Å². The molecule has 1 aliphatic rings. The van der Waals surface area contributed by atoms with Gasteiger partial charge in [0.05, 0.1) is 23.8 Å². The van der Waals surface area contributed by atoms with Crippen LogP contribution in [-0.4, -0.2) is 38.0 Å². The van der Waals surface area contributed by atoms with Crippen molar-refractivity contribution in [2.45, 2.75) is 6.92 Å².